The summed E-state index contributed by atoms with van der Waals surface area (Å²) in [6.07, 6.45) is 0.405. The van der Waals surface area contributed by atoms with Crippen LogP contribution >= 0.6 is 0 Å². The second-order valence-corrected chi connectivity index (χ2v) is 10.3. The monoisotopic (exact) mass is 514 g/mol. The highest BCUT2D eigenvalue weighted by Gasteiger charge is 2.41. The lowest BCUT2D eigenvalue weighted by Gasteiger charge is -2.31. The molecule has 0 unspecified atom stereocenters. The van der Waals surface area contributed by atoms with Crippen molar-refractivity contribution in [1.29, 1.82) is 0 Å². The van der Waals surface area contributed by atoms with Crippen molar-refractivity contribution < 1.29 is 28.7 Å². The van der Waals surface area contributed by atoms with E-state index in [1.807, 2.05) is 65.0 Å². The number of benzene rings is 1. The number of hydrogen-bond donors (Lipinski definition) is 2. The lowest BCUT2D eigenvalue weighted by atomic mass is 9.98. The summed E-state index contributed by atoms with van der Waals surface area (Å²) >= 11 is 0. The Morgan fingerprint density at radius 1 is 1.05 bits per heavy atom. The Labute approximate surface area is 218 Å². The van der Waals surface area contributed by atoms with Gasteiger partial charge in [0, 0.05) is 6.54 Å². The molecule has 0 saturated carbocycles. The third kappa shape index (κ3) is 7.30. The van der Waals surface area contributed by atoms with Gasteiger partial charge in [-0.1, -0.05) is 58.0 Å². The van der Waals surface area contributed by atoms with Gasteiger partial charge in [0.05, 0.1) is 12.1 Å². The second kappa shape index (κ2) is 12.7. The van der Waals surface area contributed by atoms with E-state index in [-0.39, 0.29) is 42.1 Å². The number of nitrogens with one attached hydrogen (secondary N) is 2. The van der Waals surface area contributed by atoms with Crippen molar-refractivity contribution in [2.24, 2.45) is 16.8 Å². The zero-order valence-corrected chi connectivity index (χ0v) is 22.2. The maximum atomic E-state index is 13.5. The maximum absolute atomic E-state index is 13.5. The molecule has 2 N–H and O–H groups in total. The largest absolute Gasteiger partial charge is 0.473 e. The molecule has 3 rings (SSSR count). The first-order valence-corrected chi connectivity index (χ1v) is 12.9. The molecule has 1 saturated heterocycles. The van der Waals surface area contributed by atoms with Crippen molar-refractivity contribution in [3.8, 4) is 0 Å². The van der Waals surface area contributed by atoms with Gasteiger partial charge in [0.25, 0.3) is 5.90 Å². The van der Waals surface area contributed by atoms with Crippen LogP contribution in [0.1, 0.15) is 53.0 Å². The predicted octanol–water partition coefficient (Wildman–Crippen LogP) is 2.46. The molecular weight excluding hydrogens is 476 g/mol. The third-order valence-corrected chi connectivity index (χ3v) is 6.51. The van der Waals surface area contributed by atoms with E-state index in [4.69, 9.17) is 9.47 Å². The molecule has 10 nitrogen and oxygen atoms in total. The lowest BCUT2D eigenvalue weighted by molar-refractivity contribution is -0.141. The summed E-state index contributed by atoms with van der Waals surface area (Å²) in [5.74, 6) is -1.53. The third-order valence-electron chi connectivity index (χ3n) is 6.51. The molecule has 1 fully saturated rings. The Balaban J connectivity index is 1.64. The second-order valence-electron chi connectivity index (χ2n) is 10.3. The standard InChI is InChI=1S/C27H38N4O6/c1-16(2)21(23(32)25-28-18(5)14-36-25)29-24(33)20-12-9-13-31(20)26(34)22(17(3)4)30-27(35)37-15-19-10-7-6-8-11-19/h6-8,10-11,16-18,20-22H,9,12-15H2,1-5H3,(H,29,33)(H,30,35)/t18-,20-,21-,22-/m0/s1. The van der Waals surface area contributed by atoms with Gasteiger partial charge in [-0.2, -0.15) is 0 Å². The van der Waals surface area contributed by atoms with E-state index in [2.05, 4.69) is 15.6 Å². The molecule has 37 heavy (non-hydrogen) atoms. The van der Waals surface area contributed by atoms with Crippen molar-refractivity contribution in [3.63, 3.8) is 0 Å². The molecular formula is C27H38N4O6. The minimum atomic E-state index is -0.859. The molecule has 0 aromatic heterocycles. The Kier molecular flexibility index (Phi) is 9.66. The number of likely N-dealkylation sites (tertiary alicyclic amines) is 1. The van der Waals surface area contributed by atoms with Gasteiger partial charge in [-0.05, 0) is 37.2 Å². The maximum Gasteiger partial charge on any atom is 0.408 e. The SMILES string of the molecule is CC(C)[C@H](NC(=O)[C@@H]1CCCN1C(=O)[C@@H](NC(=O)OCc1ccccc1)C(C)C)C(=O)C1=N[C@@H](C)CO1. The first kappa shape index (κ1) is 28.1. The molecule has 0 bridgehead atoms. The van der Waals surface area contributed by atoms with E-state index in [0.717, 1.165) is 5.56 Å². The predicted molar refractivity (Wildman–Crippen MR) is 138 cm³/mol. The molecule has 2 heterocycles. The van der Waals surface area contributed by atoms with Crippen LogP contribution < -0.4 is 10.6 Å². The molecule has 2 aliphatic heterocycles. The fourth-order valence-electron chi connectivity index (χ4n) is 4.41. The Hall–Kier alpha value is -3.43. The zero-order valence-electron chi connectivity index (χ0n) is 22.2. The van der Waals surface area contributed by atoms with Crippen molar-refractivity contribution in [2.45, 2.75) is 78.2 Å². The fraction of sp³-hybridized carbons (Fsp3) is 0.593. The van der Waals surface area contributed by atoms with Gasteiger partial charge >= 0.3 is 6.09 Å². The molecule has 10 heteroatoms. The van der Waals surface area contributed by atoms with E-state index in [1.165, 1.54) is 4.90 Å². The number of alkyl carbamates (subject to hydrolysis) is 1. The van der Waals surface area contributed by atoms with E-state index in [9.17, 15) is 19.2 Å². The summed E-state index contributed by atoms with van der Waals surface area (Å²) in [6.45, 7) is 9.96. The van der Waals surface area contributed by atoms with E-state index >= 15 is 0 Å². The van der Waals surface area contributed by atoms with Crippen molar-refractivity contribution in [2.75, 3.05) is 13.2 Å². The van der Waals surface area contributed by atoms with Gasteiger partial charge < -0.3 is 25.0 Å². The quantitative estimate of drug-likeness (QED) is 0.494. The Morgan fingerprint density at radius 2 is 1.73 bits per heavy atom. The average Bonchev–Trinajstić information content (AvgIpc) is 3.53. The van der Waals surface area contributed by atoms with Crippen LogP contribution in [0, 0.1) is 11.8 Å². The summed E-state index contributed by atoms with van der Waals surface area (Å²) in [4.78, 5) is 57.9. The number of carbonyl (C=O) groups is 4. The highest BCUT2D eigenvalue weighted by atomic mass is 16.5. The topological polar surface area (TPSA) is 126 Å². The van der Waals surface area contributed by atoms with Crippen molar-refractivity contribution >= 4 is 29.6 Å². The first-order chi connectivity index (χ1) is 17.6. The minimum Gasteiger partial charge on any atom is -0.473 e. The van der Waals surface area contributed by atoms with E-state index in [0.29, 0.717) is 26.0 Å². The number of Topliss-reactive ketones (excluding diaryl/α,β-unsaturated/α-hetero) is 1. The lowest BCUT2D eigenvalue weighted by Crippen LogP contribution is -2.57. The molecule has 0 radical (unpaired) electrons. The van der Waals surface area contributed by atoms with E-state index < -0.39 is 30.1 Å². The number of aliphatic imine (C=N–C) groups is 1. The number of carbonyl (C=O) groups excluding carboxylic acids is 4. The summed E-state index contributed by atoms with van der Waals surface area (Å²) in [5.41, 5.74) is 0.832. The van der Waals surface area contributed by atoms with Crippen LogP contribution in [0.4, 0.5) is 4.79 Å². The summed E-state index contributed by atoms with van der Waals surface area (Å²) < 4.78 is 10.7. The number of nitrogens with zero attached hydrogens (tertiary/aromatic N) is 2. The Morgan fingerprint density at radius 3 is 2.32 bits per heavy atom. The molecule has 1 aromatic rings. The molecule has 202 valence electrons. The number of amides is 3. The number of hydrogen-bond acceptors (Lipinski definition) is 7. The van der Waals surface area contributed by atoms with Gasteiger partial charge in [-0.25, -0.2) is 9.79 Å². The van der Waals surface area contributed by atoms with Crippen LogP contribution in [-0.4, -0.2) is 71.8 Å². The zero-order chi connectivity index (χ0) is 27.1. The smallest absolute Gasteiger partial charge is 0.408 e. The molecule has 2 aliphatic rings. The highest BCUT2D eigenvalue weighted by molar-refractivity contribution is 6.39. The van der Waals surface area contributed by atoms with Crippen LogP contribution in [0.5, 0.6) is 0 Å². The Bertz CT molecular complexity index is 1010. The highest BCUT2D eigenvalue weighted by Crippen LogP contribution is 2.21. The van der Waals surface area contributed by atoms with E-state index in [1.54, 1.807) is 0 Å². The van der Waals surface area contributed by atoms with Crippen LogP contribution in [-0.2, 0) is 30.5 Å². The molecule has 3 amide bonds. The number of ketones is 1. The van der Waals surface area contributed by atoms with Crippen LogP contribution in [0.15, 0.2) is 35.3 Å². The van der Waals surface area contributed by atoms with Crippen LogP contribution in [0.2, 0.25) is 0 Å². The van der Waals surface area contributed by atoms with Crippen molar-refractivity contribution in [3.05, 3.63) is 35.9 Å². The molecule has 1 aromatic carbocycles. The van der Waals surface area contributed by atoms with Crippen molar-refractivity contribution in [1.82, 2.24) is 15.5 Å². The van der Waals surface area contributed by atoms with Gasteiger partial charge in [0.15, 0.2) is 0 Å². The molecule has 0 spiro atoms. The number of rotatable bonds is 10. The molecule has 4 atom stereocenters. The van der Waals surface area contributed by atoms with Gasteiger partial charge in [-0.15, -0.1) is 0 Å². The fourth-order valence-corrected chi connectivity index (χ4v) is 4.41. The first-order valence-electron chi connectivity index (χ1n) is 12.9. The van der Waals surface area contributed by atoms with Crippen LogP contribution in [0.25, 0.3) is 0 Å². The van der Waals surface area contributed by atoms with Gasteiger partial charge in [0.1, 0.15) is 25.3 Å². The molecule has 0 aliphatic carbocycles. The minimum absolute atomic E-state index is 0.0314. The average molecular weight is 515 g/mol. The normalized spacial score (nSPS) is 20.7. The van der Waals surface area contributed by atoms with Gasteiger partial charge in [-0.3, -0.25) is 14.4 Å². The van der Waals surface area contributed by atoms with Gasteiger partial charge in [0.2, 0.25) is 17.6 Å². The van der Waals surface area contributed by atoms with Crippen LogP contribution in [0.3, 0.4) is 0 Å². The number of ether oxygens (including phenoxy) is 2. The summed E-state index contributed by atoms with van der Waals surface area (Å²) in [5, 5.41) is 5.50. The summed E-state index contributed by atoms with van der Waals surface area (Å²) in [7, 11) is 0. The summed E-state index contributed by atoms with van der Waals surface area (Å²) in [6, 6.07) is 6.73.